The summed E-state index contributed by atoms with van der Waals surface area (Å²) in [5, 5.41) is 11.9. The van der Waals surface area contributed by atoms with Crippen LogP contribution in [0.5, 0.6) is 0 Å². The summed E-state index contributed by atoms with van der Waals surface area (Å²) in [5.41, 5.74) is 1.81. The molecule has 0 spiro atoms. The van der Waals surface area contributed by atoms with E-state index in [0.29, 0.717) is 27.8 Å². The van der Waals surface area contributed by atoms with Crippen LogP contribution in [0.4, 0.5) is 4.39 Å². The first kappa shape index (κ1) is 19.8. The molecule has 30 heavy (non-hydrogen) atoms. The zero-order chi connectivity index (χ0) is 21.3. The lowest BCUT2D eigenvalue weighted by Crippen LogP contribution is -2.22. The van der Waals surface area contributed by atoms with Crippen molar-refractivity contribution < 1.29 is 9.18 Å². The average Bonchev–Trinajstić information content (AvgIpc) is 3.29. The summed E-state index contributed by atoms with van der Waals surface area (Å²) < 4.78 is 17.7. The van der Waals surface area contributed by atoms with Gasteiger partial charge in [-0.25, -0.2) is 9.07 Å². The molecule has 0 aliphatic carbocycles. The van der Waals surface area contributed by atoms with Gasteiger partial charge in [0.2, 0.25) is 5.16 Å². The summed E-state index contributed by atoms with van der Waals surface area (Å²) in [4.78, 5) is 25.6. The summed E-state index contributed by atoms with van der Waals surface area (Å²) in [6.45, 7) is 1.80. The molecule has 2 aromatic heterocycles. The first-order valence-electron chi connectivity index (χ1n) is 9.01. The van der Waals surface area contributed by atoms with Crippen LogP contribution in [0.2, 0.25) is 0 Å². The van der Waals surface area contributed by atoms with Gasteiger partial charge < -0.3 is 0 Å². The number of tetrazole rings is 1. The Bertz CT molecular complexity index is 1260. The third kappa shape index (κ3) is 3.57. The Hall–Kier alpha value is -3.53. The van der Waals surface area contributed by atoms with Gasteiger partial charge in [-0.15, -0.1) is 5.10 Å². The SMILES string of the molecule is Cc1c(-n2nnnc2SCC(=O)c2ccc(F)cc2)c(=O)n(-c2ccccc2)n1C. The number of halogens is 1. The molecule has 0 bridgehead atoms. The molecule has 0 N–H and O–H groups in total. The van der Waals surface area contributed by atoms with Crippen LogP contribution in [0.1, 0.15) is 16.1 Å². The molecule has 0 fully saturated rings. The number of Topliss-reactive ketones (excluding diaryl/α,β-unsaturated/α-hetero) is 1. The Morgan fingerprint density at radius 2 is 1.80 bits per heavy atom. The normalized spacial score (nSPS) is 11.0. The molecule has 4 aromatic rings. The molecule has 0 amide bonds. The van der Waals surface area contributed by atoms with Crippen LogP contribution in [0.25, 0.3) is 11.4 Å². The van der Waals surface area contributed by atoms with E-state index >= 15 is 0 Å². The minimum atomic E-state index is -0.405. The summed E-state index contributed by atoms with van der Waals surface area (Å²) in [6.07, 6.45) is 0. The first-order valence-corrected chi connectivity index (χ1v) is 10.0. The van der Waals surface area contributed by atoms with Gasteiger partial charge in [0.25, 0.3) is 5.56 Å². The number of aromatic nitrogens is 6. The average molecular weight is 424 g/mol. The van der Waals surface area contributed by atoms with Crippen molar-refractivity contribution in [1.82, 2.24) is 29.6 Å². The highest BCUT2D eigenvalue weighted by atomic mass is 32.2. The number of benzene rings is 2. The molecule has 2 heterocycles. The molecule has 152 valence electrons. The second-order valence-electron chi connectivity index (χ2n) is 6.50. The van der Waals surface area contributed by atoms with Crippen molar-refractivity contribution in [2.45, 2.75) is 12.1 Å². The quantitative estimate of drug-likeness (QED) is 0.349. The molecule has 0 radical (unpaired) electrons. The highest BCUT2D eigenvalue weighted by molar-refractivity contribution is 7.99. The standard InChI is InChI=1S/C20H17FN6O2S/c1-13-18(19(29)27(25(13)2)16-6-4-3-5-7-16)26-20(22-23-24-26)30-12-17(28)14-8-10-15(21)11-9-14/h3-11H,12H2,1-2H3. The van der Waals surface area contributed by atoms with E-state index in [4.69, 9.17) is 0 Å². The third-order valence-corrected chi connectivity index (χ3v) is 5.59. The van der Waals surface area contributed by atoms with Crippen molar-refractivity contribution >= 4 is 17.5 Å². The van der Waals surface area contributed by atoms with Crippen LogP contribution >= 0.6 is 11.8 Å². The van der Waals surface area contributed by atoms with E-state index in [0.717, 1.165) is 11.8 Å². The van der Waals surface area contributed by atoms with Crippen LogP contribution in [-0.2, 0) is 7.05 Å². The number of ketones is 1. The maximum Gasteiger partial charge on any atom is 0.297 e. The van der Waals surface area contributed by atoms with Crippen molar-refractivity contribution in [3.63, 3.8) is 0 Å². The van der Waals surface area contributed by atoms with E-state index < -0.39 is 5.82 Å². The van der Waals surface area contributed by atoms with Crippen molar-refractivity contribution in [3.05, 3.63) is 82.0 Å². The van der Waals surface area contributed by atoms with E-state index in [-0.39, 0.29) is 17.1 Å². The van der Waals surface area contributed by atoms with Gasteiger partial charge in [-0.1, -0.05) is 30.0 Å². The second-order valence-corrected chi connectivity index (χ2v) is 7.44. The maximum absolute atomic E-state index is 13.2. The molecular formula is C20H17FN6O2S. The molecule has 8 nitrogen and oxygen atoms in total. The number of nitrogens with zero attached hydrogens (tertiary/aromatic N) is 6. The van der Waals surface area contributed by atoms with Gasteiger partial charge in [0.1, 0.15) is 5.82 Å². The van der Waals surface area contributed by atoms with E-state index in [1.807, 2.05) is 30.3 Å². The van der Waals surface area contributed by atoms with Crippen LogP contribution in [0.15, 0.2) is 64.5 Å². The summed E-state index contributed by atoms with van der Waals surface area (Å²) >= 11 is 1.11. The molecule has 0 atom stereocenters. The number of hydrogen-bond donors (Lipinski definition) is 0. The Morgan fingerprint density at radius 3 is 2.50 bits per heavy atom. The Balaban J connectivity index is 1.64. The third-order valence-electron chi connectivity index (χ3n) is 4.68. The fraction of sp³-hybridized carbons (Fsp3) is 0.150. The molecule has 0 saturated heterocycles. The number of hydrogen-bond acceptors (Lipinski definition) is 6. The number of rotatable bonds is 6. The summed E-state index contributed by atoms with van der Waals surface area (Å²) in [5.74, 6) is -0.552. The van der Waals surface area contributed by atoms with E-state index in [1.54, 1.807) is 18.7 Å². The lowest BCUT2D eigenvalue weighted by molar-refractivity contribution is 0.102. The maximum atomic E-state index is 13.2. The van der Waals surface area contributed by atoms with Crippen LogP contribution in [-0.4, -0.2) is 41.1 Å². The number of carbonyl (C=O) groups excluding carboxylic acids is 1. The lowest BCUT2D eigenvalue weighted by atomic mass is 10.1. The van der Waals surface area contributed by atoms with E-state index in [2.05, 4.69) is 15.5 Å². The minimum absolute atomic E-state index is 0.0464. The molecule has 0 aliphatic rings. The smallest absolute Gasteiger partial charge is 0.293 e. The minimum Gasteiger partial charge on any atom is -0.293 e. The van der Waals surface area contributed by atoms with Gasteiger partial charge in [-0.3, -0.25) is 14.3 Å². The predicted molar refractivity (Wildman–Crippen MR) is 110 cm³/mol. The predicted octanol–water partition coefficient (Wildman–Crippen LogP) is 2.57. The Labute approximate surface area is 174 Å². The fourth-order valence-corrected chi connectivity index (χ4v) is 3.83. The number of carbonyl (C=O) groups is 1. The van der Waals surface area contributed by atoms with Crippen LogP contribution in [0, 0.1) is 12.7 Å². The molecule has 2 aromatic carbocycles. The lowest BCUT2D eigenvalue weighted by Gasteiger charge is -2.07. The second kappa shape index (κ2) is 8.07. The first-order chi connectivity index (χ1) is 14.5. The fourth-order valence-electron chi connectivity index (χ4n) is 3.06. The highest BCUT2D eigenvalue weighted by Gasteiger charge is 2.22. The Morgan fingerprint density at radius 1 is 1.10 bits per heavy atom. The molecule has 0 aliphatic heterocycles. The number of para-hydroxylation sites is 1. The van der Waals surface area contributed by atoms with Crippen LogP contribution in [0.3, 0.4) is 0 Å². The van der Waals surface area contributed by atoms with Gasteiger partial charge >= 0.3 is 0 Å². The highest BCUT2D eigenvalue weighted by Crippen LogP contribution is 2.21. The molecule has 4 rings (SSSR count). The molecule has 0 saturated carbocycles. The van der Waals surface area contributed by atoms with Crippen molar-refractivity contribution in [1.29, 1.82) is 0 Å². The largest absolute Gasteiger partial charge is 0.297 e. The van der Waals surface area contributed by atoms with E-state index in [1.165, 1.54) is 33.6 Å². The van der Waals surface area contributed by atoms with Gasteiger partial charge in [-0.05, 0) is 53.7 Å². The van der Waals surface area contributed by atoms with Crippen molar-refractivity contribution in [2.24, 2.45) is 7.05 Å². The Kier molecular flexibility index (Phi) is 5.32. The van der Waals surface area contributed by atoms with Gasteiger partial charge in [0, 0.05) is 12.6 Å². The molecular weight excluding hydrogens is 407 g/mol. The van der Waals surface area contributed by atoms with Crippen molar-refractivity contribution in [2.75, 3.05) is 5.75 Å². The molecule has 10 heteroatoms. The number of thioether (sulfide) groups is 1. The topological polar surface area (TPSA) is 87.6 Å². The van der Waals surface area contributed by atoms with Gasteiger partial charge in [0.05, 0.1) is 17.1 Å². The van der Waals surface area contributed by atoms with Gasteiger partial charge in [-0.2, -0.15) is 4.68 Å². The van der Waals surface area contributed by atoms with Gasteiger partial charge in [0.15, 0.2) is 11.5 Å². The zero-order valence-corrected chi connectivity index (χ0v) is 17.0. The summed E-state index contributed by atoms with van der Waals surface area (Å²) in [7, 11) is 1.78. The summed E-state index contributed by atoms with van der Waals surface area (Å²) in [6, 6.07) is 14.6. The monoisotopic (exact) mass is 424 g/mol. The van der Waals surface area contributed by atoms with Crippen molar-refractivity contribution in [3.8, 4) is 11.4 Å². The molecule has 0 unspecified atom stereocenters. The zero-order valence-electron chi connectivity index (χ0n) is 16.2. The van der Waals surface area contributed by atoms with E-state index in [9.17, 15) is 14.0 Å². The van der Waals surface area contributed by atoms with Crippen LogP contribution < -0.4 is 5.56 Å².